The zero-order chi connectivity index (χ0) is 12.8. The fourth-order valence-electron chi connectivity index (χ4n) is 1.95. The Hall–Kier alpha value is -1.22. The summed E-state index contributed by atoms with van der Waals surface area (Å²) in [5, 5.41) is 0.979. The summed E-state index contributed by atoms with van der Waals surface area (Å²) >= 11 is 4.47. The maximum absolute atomic E-state index is 11.3. The molecule has 0 fully saturated rings. The number of thiol groups is 1. The van der Waals surface area contributed by atoms with Gasteiger partial charge in [0.05, 0.1) is 0 Å². The van der Waals surface area contributed by atoms with Gasteiger partial charge in [0.25, 0.3) is 0 Å². The van der Waals surface area contributed by atoms with Gasteiger partial charge in [-0.2, -0.15) is 0 Å². The topological polar surface area (TPSA) is 30.2 Å². The molecule has 1 aromatic carbocycles. The van der Waals surface area contributed by atoms with Crippen LogP contribution in [0, 0.1) is 6.92 Å². The van der Waals surface area contributed by atoms with Crippen LogP contribution in [0.2, 0.25) is 0 Å². The molecule has 90 valence electrons. The second kappa shape index (κ2) is 3.91. The first kappa shape index (κ1) is 12.2. The molecule has 1 heterocycles. The number of benzene rings is 1. The molecule has 0 unspecified atom stereocenters. The van der Waals surface area contributed by atoms with Gasteiger partial charge in [-0.15, -0.1) is 12.6 Å². The van der Waals surface area contributed by atoms with E-state index in [9.17, 15) is 4.79 Å². The highest BCUT2D eigenvalue weighted by molar-refractivity contribution is 7.80. The molecule has 0 amide bonds. The van der Waals surface area contributed by atoms with E-state index >= 15 is 0 Å². The molecular weight excluding hydrogens is 232 g/mol. The van der Waals surface area contributed by atoms with Crippen LogP contribution in [0.3, 0.4) is 0 Å². The predicted octanol–water partition coefficient (Wildman–Crippen LogP) is 3.69. The fourth-order valence-corrected chi connectivity index (χ4v) is 2.47. The monoisotopic (exact) mass is 248 g/mol. The van der Waals surface area contributed by atoms with Crippen molar-refractivity contribution >= 4 is 23.6 Å². The molecule has 0 bridgehead atoms. The molecule has 2 aromatic rings. The van der Waals surface area contributed by atoms with Crippen LogP contribution >= 0.6 is 12.6 Å². The van der Waals surface area contributed by atoms with Crippen molar-refractivity contribution < 1.29 is 4.42 Å². The minimum absolute atomic E-state index is 0.0217. The predicted molar refractivity (Wildman–Crippen MR) is 73.2 cm³/mol. The van der Waals surface area contributed by atoms with Crippen molar-refractivity contribution in [3.05, 3.63) is 39.7 Å². The molecule has 3 heteroatoms. The average Bonchev–Trinajstić information content (AvgIpc) is 2.13. The van der Waals surface area contributed by atoms with Crippen molar-refractivity contribution in [1.82, 2.24) is 0 Å². The van der Waals surface area contributed by atoms with E-state index in [1.807, 2.05) is 13.0 Å². The fraction of sp³-hybridized carbons (Fsp3) is 0.357. The maximum Gasteiger partial charge on any atom is 0.336 e. The van der Waals surface area contributed by atoms with Crippen LogP contribution in [0.5, 0.6) is 0 Å². The molecule has 0 saturated carbocycles. The summed E-state index contributed by atoms with van der Waals surface area (Å²) in [6.45, 7) is 8.34. The number of fused-ring (bicyclic) bond motifs is 1. The van der Waals surface area contributed by atoms with Crippen molar-refractivity contribution in [3.63, 3.8) is 0 Å². The lowest BCUT2D eigenvalue weighted by Gasteiger charge is -2.21. The van der Waals surface area contributed by atoms with E-state index in [0.29, 0.717) is 5.58 Å². The summed E-state index contributed by atoms with van der Waals surface area (Å²) in [4.78, 5) is 12.2. The molecule has 0 aliphatic rings. The molecule has 1 aromatic heterocycles. The van der Waals surface area contributed by atoms with Crippen LogP contribution < -0.4 is 5.63 Å². The molecule has 17 heavy (non-hydrogen) atoms. The van der Waals surface area contributed by atoms with E-state index in [2.05, 4.69) is 39.5 Å². The third-order valence-corrected chi connectivity index (χ3v) is 3.25. The summed E-state index contributed by atoms with van der Waals surface area (Å²) in [6, 6.07) is 5.41. The molecule has 0 N–H and O–H groups in total. The van der Waals surface area contributed by atoms with E-state index < -0.39 is 0 Å². The lowest BCUT2D eigenvalue weighted by molar-refractivity contribution is 0.554. The first-order valence-corrected chi connectivity index (χ1v) is 6.02. The van der Waals surface area contributed by atoms with Crippen LogP contribution in [0.25, 0.3) is 11.0 Å². The quantitative estimate of drug-likeness (QED) is 0.569. The van der Waals surface area contributed by atoms with Gasteiger partial charge in [-0.1, -0.05) is 20.8 Å². The Morgan fingerprint density at radius 3 is 2.41 bits per heavy atom. The van der Waals surface area contributed by atoms with E-state index in [4.69, 9.17) is 4.42 Å². The number of rotatable bonds is 0. The van der Waals surface area contributed by atoms with Gasteiger partial charge in [-0.25, -0.2) is 4.79 Å². The standard InChI is InChI=1S/C14H16O2S/c1-8-5-13(15)16-11-7-12(17)10(6-9(8)11)14(2,3)4/h5-7,17H,1-4H3. The van der Waals surface area contributed by atoms with Crippen molar-refractivity contribution in [2.24, 2.45) is 0 Å². The smallest absolute Gasteiger partial charge is 0.336 e. The van der Waals surface area contributed by atoms with Crippen molar-refractivity contribution in [3.8, 4) is 0 Å². The van der Waals surface area contributed by atoms with Gasteiger partial charge < -0.3 is 4.42 Å². The Morgan fingerprint density at radius 1 is 1.18 bits per heavy atom. The average molecular weight is 248 g/mol. The summed E-state index contributed by atoms with van der Waals surface area (Å²) < 4.78 is 5.19. The Balaban J connectivity index is 2.86. The number of aryl methyl sites for hydroxylation is 1. The molecule has 0 aliphatic carbocycles. The third-order valence-electron chi connectivity index (χ3n) is 2.88. The summed E-state index contributed by atoms with van der Waals surface area (Å²) in [5.41, 5.74) is 2.41. The zero-order valence-corrected chi connectivity index (χ0v) is 11.4. The van der Waals surface area contributed by atoms with E-state index in [-0.39, 0.29) is 11.0 Å². The minimum atomic E-state index is -0.314. The minimum Gasteiger partial charge on any atom is -0.423 e. The second-order valence-electron chi connectivity index (χ2n) is 5.36. The van der Waals surface area contributed by atoms with Gasteiger partial charge >= 0.3 is 5.63 Å². The van der Waals surface area contributed by atoms with Gasteiger partial charge in [0, 0.05) is 16.3 Å². The lowest BCUT2D eigenvalue weighted by atomic mass is 9.86. The van der Waals surface area contributed by atoms with Crippen LogP contribution in [0.15, 0.2) is 32.3 Å². The highest BCUT2D eigenvalue weighted by Crippen LogP contribution is 2.32. The molecule has 0 saturated heterocycles. The number of hydrogen-bond donors (Lipinski definition) is 1. The molecule has 0 aliphatic heterocycles. The van der Waals surface area contributed by atoms with Gasteiger partial charge in [-0.05, 0) is 35.6 Å². The summed E-state index contributed by atoms with van der Waals surface area (Å²) in [5.74, 6) is 0. The number of hydrogen-bond acceptors (Lipinski definition) is 3. The SMILES string of the molecule is Cc1cc(=O)oc2cc(S)c(C(C)(C)C)cc12. The van der Waals surface area contributed by atoms with Gasteiger partial charge in [-0.3, -0.25) is 0 Å². The molecule has 0 radical (unpaired) electrons. The highest BCUT2D eigenvalue weighted by atomic mass is 32.1. The van der Waals surface area contributed by atoms with Gasteiger partial charge in [0.1, 0.15) is 5.58 Å². The third kappa shape index (κ3) is 2.25. The van der Waals surface area contributed by atoms with Crippen LogP contribution in [0.4, 0.5) is 0 Å². The van der Waals surface area contributed by atoms with Crippen molar-refractivity contribution in [2.75, 3.05) is 0 Å². The molecule has 0 spiro atoms. The van der Waals surface area contributed by atoms with Crippen LogP contribution in [0.1, 0.15) is 31.9 Å². The first-order valence-electron chi connectivity index (χ1n) is 5.57. The van der Waals surface area contributed by atoms with Crippen LogP contribution in [-0.4, -0.2) is 0 Å². The largest absolute Gasteiger partial charge is 0.423 e. The lowest BCUT2D eigenvalue weighted by Crippen LogP contribution is -2.12. The van der Waals surface area contributed by atoms with Gasteiger partial charge in [0.15, 0.2) is 0 Å². The zero-order valence-electron chi connectivity index (χ0n) is 10.5. The van der Waals surface area contributed by atoms with E-state index in [0.717, 1.165) is 21.4 Å². The second-order valence-corrected chi connectivity index (χ2v) is 5.85. The molecule has 2 rings (SSSR count). The highest BCUT2D eigenvalue weighted by Gasteiger charge is 2.18. The Labute approximate surface area is 106 Å². The Bertz CT molecular complexity index is 633. The molecular formula is C14H16O2S. The molecule has 2 nitrogen and oxygen atoms in total. The van der Waals surface area contributed by atoms with Crippen molar-refractivity contribution in [2.45, 2.75) is 38.0 Å². The Kier molecular flexibility index (Phi) is 2.82. The van der Waals surface area contributed by atoms with E-state index in [1.54, 1.807) is 0 Å². The normalized spacial score (nSPS) is 12.1. The van der Waals surface area contributed by atoms with Gasteiger partial charge in [0.2, 0.25) is 0 Å². The van der Waals surface area contributed by atoms with Crippen LogP contribution in [-0.2, 0) is 5.41 Å². The van der Waals surface area contributed by atoms with E-state index in [1.165, 1.54) is 6.07 Å². The van der Waals surface area contributed by atoms with Crippen molar-refractivity contribution in [1.29, 1.82) is 0 Å². The first-order chi connectivity index (χ1) is 7.79. The summed E-state index contributed by atoms with van der Waals surface area (Å²) in [6.07, 6.45) is 0. The molecule has 0 atom stereocenters. The Morgan fingerprint density at radius 2 is 1.82 bits per heavy atom. The maximum atomic E-state index is 11.3. The summed E-state index contributed by atoms with van der Waals surface area (Å²) in [7, 11) is 0.